The lowest BCUT2D eigenvalue weighted by Gasteiger charge is -2.37. The number of benzene rings is 3. The molecule has 0 radical (unpaired) electrons. The van der Waals surface area contributed by atoms with Gasteiger partial charge >= 0.3 is 0 Å². The van der Waals surface area contributed by atoms with E-state index < -0.39 is 0 Å². The lowest BCUT2D eigenvalue weighted by Crippen LogP contribution is -2.33. The molecule has 21 heavy (non-hydrogen) atoms. The van der Waals surface area contributed by atoms with Crippen LogP contribution in [-0.2, 0) is 0 Å². The average molecular weight is 273 g/mol. The molecule has 0 unspecified atom stereocenters. The van der Waals surface area contributed by atoms with Gasteiger partial charge in [0.2, 0.25) is 0 Å². The largest absolute Gasteiger partial charge is 0.382 e. The monoisotopic (exact) mass is 273 g/mol. The molecule has 1 saturated carbocycles. The van der Waals surface area contributed by atoms with E-state index in [4.69, 9.17) is 0 Å². The molecule has 0 bridgehead atoms. The van der Waals surface area contributed by atoms with Crippen LogP contribution in [0.2, 0.25) is 0 Å². The molecule has 0 heterocycles. The highest BCUT2D eigenvalue weighted by Crippen LogP contribution is 2.38. The SMILES string of the molecule is c1ccc(C2CC(Nc3ccc4ccccc4c3)C2)cc1. The highest BCUT2D eigenvalue weighted by Gasteiger charge is 2.29. The first-order valence-corrected chi connectivity index (χ1v) is 7.69. The van der Waals surface area contributed by atoms with E-state index in [-0.39, 0.29) is 0 Å². The molecule has 3 aromatic carbocycles. The molecule has 0 amide bonds. The van der Waals surface area contributed by atoms with Gasteiger partial charge < -0.3 is 5.32 Å². The Morgan fingerprint density at radius 2 is 1.43 bits per heavy atom. The molecule has 0 atom stereocenters. The minimum absolute atomic E-state index is 0.608. The van der Waals surface area contributed by atoms with Crippen molar-refractivity contribution in [3.8, 4) is 0 Å². The van der Waals surface area contributed by atoms with Crippen LogP contribution in [-0.4, -0.2) is 6.04 Å². The number of nitrogens with one attached hydrogen (secondary N) is 1. The molecule has 1 aliphatic rings. The van der Waals surface area contributed by atoms with Crippen LogP contribution in [0.3, 0.4) is 0 Å². The van der Waals surface area contributed by atoms with Crippen molar-refractivity contribution in [2.75, 3.05) is 5.32 Å². The summed E-state index contributed by atoms with van der Waals surface area (Å²) < 4.78 is 0. The van der Waals surface area contributed by atoms with Crippen LogP contribution < -0.4 is 5.32 Å². The van der Waals surface area contributed by atoms with Crippen LogP contribution >= 0.6 is 0 Å². The fourth-order valence-corrected chi connectivity index (χ4v) is 3.25. The maximum Gasteiger partial charge on any atom is 0.0348 e. The summed E-state index contributed by atoms with van der Waals surface area (Å²) in [5, 5.41) is 6.28. The maximum atomic E-state index is 3.67. The van der Waals surface area contributed by atoms with Gasteiger partial charge in [-0.25, -0.2) is 0 Å². The summed E-state index contributed by atoms with van der Waals surface area (Å²) in [6, 6.07) is 26.6. The zero-order valence-electron chi connectivity index (χ0n) is 12.0. The van der Waals surface area contributed by atoms with Crippen molar-refractivity contribution in [3.63, 3.8) is 0 Å². The van der Waals surface area contributed by atoms with Gasteiger partial charge in [-0.2, -0.15) is 0 Å². The third kappa shape index (κ3) is 2.52. The van der Waals surface area contributed by atoms with Gasteiger partial charge in [-0.1, -0.05) is 60.7 Å². The van der Waals surface area contributed by atoms with Gasteiger partial charge in [-0.15, -0.1) is 0 Å². The van der Waals surface area contributed by atoms with Crippen molar-refractivity contribution in [1.82, 2.24) is 0 Å². The van der Waals surface area contributed by atoms with E-state index in [2.05, 4.69) is 78.1 Å². The van der Waals surface area contributed by atoms with Crippen molar-refractivity contribution in [1.29, 1.82) is 0 Å². The molecule has 4 rings (SSSR count). The van der Waals surface area contributed by atoms with Gasteiger partial charge in [0, 0.05) is 11.7 Å². The fraction of sp³-hybridized carbons (Fsp3) is 0.200. The van der Waals surface area contributed by atoms with Crippen molar-refractivity contribution in [2.45, 2.75) is 24.8 Å². The Hall–Kier alpha value is -2.28. The molecule has 1 N–H and O–H groups in total. The van der Waals surface area contributed by atoms with Gasteiger partial charge in [0.15, 0.2) is 0 Å². The molecular weight excluding hydrogens is 254 g/mol. The fourth-order valence-electron chi connectivity index (χ4n) is 3.25. The van der Waals surface area contributed by atoms with Crippen LogP contribution in [0.25, 0.3) is 10.8 Å². The van der Waals surface area contributed by atoms with Gasteiger partial charge in [0.05, 0.1) is 0 Å². The molecule has 1 heteroatoms. The first-order chi connectivity index (χ1) is 10.4. The average Bonchev–Trinajstić information content (AvgIpc) is 2.51. The molecule has 104 valence electrons. The van der Waals surface area contributed by atoms with Crippen molar-refractivity contribution < 1.29 is 0 Å². The van der Waals surface area contributed by atoms with Crippen molar-refractivity contribution >= 4 is 16.5 Å². The summed E-state index contributed by atoms with van der Waals surface area (Å²) in [5.74, 6) is 0.726. The smallest absolute Gasteiger partial charge is 0.0348 e. The second kappa shape index (κ2) is 5.25. The summed E-state index contributed by atoms with van der Waals surface area (Å²) >= 11 is 0. The molecule has 1 fully saturated rings. The van der Waals surface area contributed by atoms with E-state index in [0.29, 0.717) is 6.04 Å². The first kappa shape index (κ1) is 12.5. The van der Waals surface area contributed by atoms with E-state index in [1.807, 2.05) is 0 Å². The number of hydrogen-bond acceptors (Lipinski definition) is 1. The molecule has 0 saturated heterocycles. The highest BCUT2D eigenvalue weighted by atomic mass is 14.9. The Balaban J connectivity index is 1.43. The molecule has 0 aromatic heterocycles. The second-order valence-corrected chi connectivity index (χ2v) is 5.98. The molecule has 3 aromatic rings. The predicted molar refractivity (Wildman–Crippen MR) is 89.8 cm³/mol. The summed E-state index contributed by atoms with van der Waals surface area (Å²) in [4.78, 5) is 0. The lowest BCUT2D eigenvalue weighted by atomic mass is 9.76. The van der Waals surface area contributed by atoms with Crippen LogP contribution in [0, 0.1) is 0 Å². The number of fused-ring (bicyclic) bond motifs is 1. The minimum Gasteiger partial charge on any atom is -0.382 e. The quantitative estimate of drug-likeness (QED) is 0.691. The third-order valence-electron chi connectivity index (χ3n) is 4.53. The van der Waals surface area contributed by atoms with E-state index >= 15 is 0 Å². The maximum absolute atomic E-state index is 3.67. The summed E-state index contributed by atoms with van der Waals surface area (Å²) in [7, 11) is 0. The Bertz CT molecular complexity index is 742. The molecule has 0 spiro atoms. The van der Waals surface area contributed by atoms with Gasteiger partial charge in [-0.3, -0.25) is 0 Å². The number of hydrogen-bond donors (Lipinski definition) is 1. The Labute approximate surface area is 125 Å². The summed E-state index contributed by atoms with van der Waals surface area (Å²) in [6.07, 6.45) is 2.47. The minimum atomic E-state index is 0.608. The summed E-state index contributed by atoms with van der Waals surface area (Å²) in [6.45, 7) is 0. The number of anilines is 1. The zero-order valence-corrected chi connectivity index (χ0v) is 12.0. The standard InChI is InChI=1S/C20H19N/c1-2-6-15(7-3-1)18-13-20(14-18)21-19-11-10-16-8-4-5-9-17(16)12-19/h1-12,18,20-21H,13-14H2. The normalized spacial score (nSPS) is 21.0. The lowest BCUT2D eigenvalue weighted by molar-refractivity contribution is 0.374. The first-order valence-electron chi connectivity index (χ1n) is 7.69. The Morgan fingerprint density at radius 3 is 2.24 bits per heavy atom. The molecule has 0 aliphatic heterocycles. The second-order valence-electron chi connectivity index (χ2n) is 5.98. The third-order valence-corrected chi connectivity index (χ3v) is 4.53. The van der Waals surface area contributed by atoms with E-state index in [1.165, 1.54) is 34.9 Å². The Morgan fingerprint density at radius 1 is 0.714 bits per heavy atom. The van der Waals surface area contributed by atoms with Gasteiger partial charge in [-0.05, 0) is 47.2 Å². The highest BCUT2D eigenvalue weighted by molar-refractivity contribution is 5.85. The predicted octanol–water partition coefficient (Wildman–Crippen LogP) is 5.20. The van der Waals surface area contributed by atoms with Crippen LogP contribution in [0.5, 0.6) is 0 Å². The van der Waals surface area contributed by atoms with Crippen LogP contribution in [0.4, 0.5) is 5.69 Å². The zero-order chi connectivity index (χ0) is 14.1. The molecule has 1 aliphatic carbocycles. The number of rotatable bonds is 3. The molecular formula is C20H19N. The topological polar surface area (TPSA) is 12.0 Å². The van der Waals surface area contributed by atoms with Crippen LogP contribution in [0.15, 0.2) is 72.8 Å². The van der Waals surface area contributed by atoms with Gasteiger partial charge in [0.25, 0.3) is 0 Å². The molecule has 1 nitrogen and oxygen atoms in total. The van der Waals surface area contributed by atoms with E-state index in [0.717, 1.165) is 5.92 Å². The summed E-state index contributed by atoms with van der Waals surface area (Å²) in [5.41, 5.74) is 2.72. The Kier molecular flexibility index (Phi) is 3.11. The van der Waals surface area contributed by atoms with E-state index in [9.17, 15) is 0 Å². The van der Waals surface area contributed by atoms with Crippen molar-refractivity contribution in [2.24, 2.45) is 0 Å². The van der Waals surface area contributed by atoms with Crippen molar-refractivity contribution in [3.05, 3.63) is 78.4 Å². The van der Waals surface area contributed by atoms with E-state index in [1.54, 1.807) is 0 Å². The van der Waals surface area contributed by atoms with Crippen LogP contribution in [0.1, 0.15) is 24.3 Å². The van der Waals surface area contributed by atoms with Gasteiger partial charge in [0.1, 0.15) is 0 Å².